The summed E-state index contributed by atoms with van der Waals surface area (Å²) in [6, 6.07) is 8.32. The number of hydrogen-bond acceptors (Lipinski definition) is 2. The van der Waals surface area contributed by atoms with Crippen molar-refractivity contribution in [2.75, 3.05) is 7.11 Å². The lowest BCUT2D eigenvalue weighted by molar-refractivity contribution is 0.414. The molecular formula is C11H17NO. The molecule has 1 rings (SSSR count). The van der Waals surface area contributed by atoms with Crippen molar-refractivity contribution in [3.63, 3.8) is 0 Å². The third-order valence-corrected chi connectivity index (χ3v) is 2.16. The predicted molar refractivity (Wildman–Crippen MR) is 55.0 cm³/mol. The number of ether oxygens (including phenoxy) is 1. The van der Waals surface area contributed by atoms with Crippen LogP contribution in [0.2, 0.25) is 0 Å². The zero-order valence-electron chi connectivity index (χ0n) is 8.29. The summed E-state index contributed by atoms with van der Waals surface area (Å²) in [6.07, 6.45) is 1.94. The van der Waals surface area contributed by atoms with Crippen molar-refractivity contribution in [2.24, 2.45) is 5.73 Å². The summed E-state index contributed by atoms with van der Waals surface area (Å²) in [7, 11) is 1.68. The average Bonchev–Trinajstić information content (AvgIpc) is 2.18. The summed E-state index contributed by atoms with van der Waals surface area (Å²) in [5.74, 6) is 0.904. The first-order valence-corrected chi connectivity index (χ1v) is 4.64. The van der Waals surface area contributed by atoms with Gasteiger partial charge >= 0.3 is 0 Å². The fourth-order valence-corrected chi connectivity index (χ4v) is 1.25. The summed E-state index contributed by atoms with van der Waals surface area (Å²) < 4.78 is 5.13. The first-order valence-electron chi connectivity index (χ1n) is 4.64. The molecule has 1 unspecified atom stereocenters. The second kappa shape index (κ2) is 4.87. The molecule has 72 valence electrons. The molecule has 0 heterocycles. The van der Waals surface area contributed by atoms with Crippen molar-refractivity contribution >= 4 is 0 Å². The molecule has 0 spiro atoms. The Kier molecular flexibility index (Phi) is 3.77. The third kappa shape index (κ3) is 3.07. The minimum absolute atomic E-state index is 0.257. The molecule has 0 bridgehead atoms. The SMILES string of the molecule is CCC(N)Cc1cccc(OC)c1. The van der Waals surface area contributed by atoms with E-state index in [1.165, 1.54) is 5.56 Å². The van der Waals surface area contributed by atoms with E-state index in [-0.39, 0.29) is 6.04 Å². The van der Waals surface area contributed by atoms with Crippen LogP contribution < -0.4 is 10.5 Å². The highest BCUT2D eigenvalue weighted by molar-refractivity contribution is 5.28. The van der Waals surface area contributed by atoms with E-state index in [1.54, 1.807) is 7.11 Å². The first-order chi connectivity index (χ1) is 6.26. The highest BCUT2D eigenvalue weighted by atomic mass is 16.5. The zero-order valence-corrected chi connectivity index (χ0v) is 8.29. The van der Waals surface area contributed by atoms with E-state index in [4.69, 9.17) is 10.5 Å². The van der Waals surface area contributed by atoms with Crippen LogP contribution in [0.3, 0.4) is 0 Å². The van der Waals surface area contributed by atoms with Gasteiger partial charge in [0, 0.05) is 6.04 Å². The molecule has 1 aromatic rings. The molecule has 2 nitrogen and oxygen atoms in total. The van der Waals surface area contributed by atoms with Gasteiger partial charge in [-0.1, -0.05) is 19.1 Å². The molecule has 2 N–H and O–H groups in total. The lowest BCUT2D eigenvalue weighted by atomic mass is 10.0. The number of rotatable bonds is 4. The molecule has 0 amide bonds. The third-order valence-electron chi connectivity index (χ3n) is 2.16. The van der Waals surface area contributed by atoms with Gasteiger partial charge in [-0.3, -0.25) is 0 Å². The Bertz CT molecular complexity index is 260. The fourth-order valence-electron chi connectivity index (χ4n) is 1.25. The Balaban J connectivity index is 2.66. The number of benzene rings is 1. The largest absolute Gasteiger partial charge is 0.497 e. The maximum Gasteiger partial charge on any atom is 0.119 e. The molecular weight excluding hydrogens is 162 g/mol. The van der Waals surface area contributed by atoms with Gasteiger partial charge in [0.25, 0.3) is 0 Å². The van der Waals surface area contributed by atoms with Gasteiger partial charge in [0.05, 0.1) is 7.11 Å². The van der Waals surface area contributed by atoms with Gasteiger partial charge in [-0.05, 0) is 30.5 Å². The Morgan fingerprint density at radius 1 is 1.46 bits per heavy atom. The molecule has 1 atom stereocenters. The molecule has 13 heavy (non-hydrogen) atoms. The minimum Gasteiger partial charge on any atom is -0.497 e. The normalized spacial score (nSPS) is 12.5. The van der Waals surface area contributed by atoms with Crippen molar-refractivity contribution in [1.82, 2.24) is 0 Å². The maximum atomic E-state index is 5.86. The van der Waals surface area contributed by atoms with Gasteiger partial charge in [-0.2, -0.15) is 0 Å². The van der Waals surface area contributed by atoms with E-state index in [9.17, 15) is 0 Å². The zero-order chi connectivity index (χ0) is 9.68. The van der Waals surface area contributed by atoms with Crippen LogP contribution in [0.4, 0.5) is 0 Å². The summed E-state index contributed by atoms with van der Waals surface area (Å²) in [4.78, 5) is 0. The van der Waals surface area contributed by atoms with E-state index >= 15 is 0 Å². The molecule has 0 saturated carbocycles. The van der Waals surface area contributed by atoms with Crippen LogP contribution in [-0.2, 0) is 6.42 Å². The molecule has 2 heteroatoms. The molecule has 0 aliphatic rings. The van der Waals surface area contributed by atoms with Gasteiger partial charge in [0.15, 0.2) is 0 Å². The van der Waals surface area contributed by atoms with Crippen molar-refractivity contribution in [3.05, 3.63) is 29.8 Å². The van der Waals surface area contributed by atoms with Gasteiger partial charge in [0.2, 0.25) is 0 Å². The molecule has 0 saturated heterocycles. The fraction of sp³-hybridized carbons (Fsp3) is 0.455. The average molecular weight is 179 g/mol. The molecule has 1 aromatic carbocycles. The van der Waals surface area contributed by atoms with E-state index < -0.39 is 0 Å². The Morgan fingerprint density at radius 2 is 2.23 bits per heavy atom. The minimum atomic E-state index is 0.257. The lowest BCUT2D eigenvalue weighted by Gasteiger charge is -2.09. The molecule has 0 fully saturated rings. The van der Waals surface area contributed by atoms with E-state index in [2.05, 4.69) is 13.0 Å². The summed E-state index contributed by atoms with van der Waals surface area (Å²) in [5, 5.41) is 0. The Morgan fingerprint density at radius 3 is 2.85 bits per heavy atom. The summed E-state index contributed by atoms with van der Waals surface area (Å²) in [6.45, 7) is 2.10. The quantitative estimate of drug-likeness (QED) is 0.767. The molecule has 0 aliphatic heterocycles. The van der Waals surface area contributed by atoms with E-state index in [0.29, 0.717) is 0 Å². The highest BCUT2D eigenvalue weighted by Crippen LogP contribution is 2.13. The molecule has 0 aromatic heterocycles. The van der Waals surface area contributed by atoms with Gasteiger partial charge in [-0.25, -0.2) is 0 Å². The van der Waals surface area contributed by atoms with E-state index in [0.717, 1.165) is 18.6 Å². The number of hydrogen-bond donors (Lipinski definition) is 1. The maximum absolute atomic E-state index is 5.86. The predicted octanol–water partition coefficient (Wildman–Crippen LogP) is 1.98. The lowest BCUT2D eigenvalue weighted by Crippen LogP contribution is -2.21. The van der Waals surface area contributed by atoms with Crippen molar-refractivity contribution in [2.45, 2.75) is 25.8 Å². The van der Waals surface area contributed by atoms with Crippen LogP contribution in [0.1, 0.15) is 18.9 Å². The second-order valence-electron chi connectivity index (χ2n) is 3.22. The van der Waals surface area contributed by atoms with Gasteiger partial charge in [0.1, 0.15) is 5.75 Å². The topological polar surface area (TPSA) is 35.2 Å². The van der Waals surface area contributed by atoms with Crippen LogP contribution >= 0.6 is 0 Å². The van der Waals surface area contributed by atoms with Crippen LogP contribution in [0, 0.1) is 0 Å². The Labute approximate surface area is 79.7 Å². The highest BCUT2D eigenvalue weighted by Gasteiger charge is 2.01. The van der Waals surface area contributed by atoms with E-state index in [1.807, 2.05) is 18.2 Å². The van der Waals surface area contributed by atoms with Crippen molar-refractivity contribution in [1.29, 1.82) is 0 Å². The monoisotopic (exact) mass is 179 g/mol. The first kappa shape index (κ1) is 10.1. The smallest absolute Gasteiger partial charge is 0.119 e. The van der Waals surface area contributed by atoms with Crippen LogP contribution in [0.25, 0.3) is 0 Å². The standard InChI is InChI=1S/C11H17NO/c1-3-10(12)7-9-5-4-6-11(8-9)13-2/h4-6,8,10H,3,7,12H2,1-2H3. The number of nitrogens with two attached hydrogens (primary N) is 1. The van der Waals surface area contributed by atoms with Gasteiger partial charge in [-0.15, -0.1) is 0 Å². The second-order valence-corrected chi connectivity index (χ2v) is 3.22. The Hall–Kier alpha value is -1.02. The van der Waals surface area contributed by atoms with Crippen LogP contribution in [0.5, 0.6) is 5.75 Å². The molecule has 0 aliphatic carbocycles. The van der Waals surface area contributed by atoms with Crippen molar-refractivity contribution < 1.29 is 4.74 Å². The summed E-state index contributed by atoms with van der Waals surface area (Å²) >= 11 is 0. The van der Waals surface area contributed by atoms with Crippen LogP contribution in [0.15, 0.2) is 24.3 Å². The van der Waals surface area contributed by atoms with Crippen molar-refractivity contribution in [3.8, 4) is 5.75 Å². The van der Waals surface area contributed by atoms with Crippen LogP contribution in [-0.4, -0.2) is 13.2 Å². The van der Waals surface area contributed by atoms with Gasteiger partial charge < -0.3 is 10.5 Å². The number of methoxy groups -OCH3 is 1. The summed E-state index contributed by atoms with van der Waals surface area (Å²) in [5.41, 5.74) is 7.10. The molecule has 0 radical (unpaired) electrons.